The van der Waals surface area contributed by atoms with E-state index >= 15 is 0 Å². The Labute approximate surface area is 215 Å². The lowest BCUT2D eigenvalue weighted by Crippen LogP contribution is -2.21. The van der Waals surface area contributed by atoms with E-state index in [1.807, 2.05) is 55.6 Å². The SMILES string of the molecule is Cn1cc(CCN2CCCC2)c2cc(NS(=O)(=O)c3cccc4ccccc34)ccc21.O=C(O)C(=O)O. The van der Waals surface area contributed by atoms with Crippen molar-refractivity contribution in [3.8, 4) is 0 Å². The quantitative estimate of drug-likeness (QED) is 0.327. The largest absolute Gasteiger partial charge is 0.473 e. The summed E-state index contributed by atoms with van der Waals surface area (Å²) < 4.78 is 31.4. The first-order valence-electron chi connectivity index (χ1n) is 11.9. The fourth-order valence-corrected chi connectivity index (χ4v) is 5.94. The van der Waals surface area contributed by atoms with Crippen LogP contribution in [0.2, 0.25) is 0 Å². The molecule has 0 saturated carbocycles. The summed E-state index contributed by atoms with van der Waals surface area (Å²) in [6.07, 6.45) is 5.71. The number of sulfonamides is 1. The Hall–Kier alpha value is -3.89. The number of anilines is 1. The molecule has 1 aliphatic heterocycles. The zero-order chi connectivity index (χ0) is 26.6. The molecule has 1 aromatic heterocycles. The van der Waals surface area contributed by atoms with Gasteiger partial charge in [0.25, 0.3) is 10.0 Å². The van der Waals surface area contributed by atoms with Gasteiger partial charge >= 0.3 is 11.9 Å². The Kier molecular flexibility index (Phi) is 7.80. The Bertz CT molecular complexity index is 1540. The Morgan fingerprint density at radius 1 is 0.919 bits per heavy atom. The van der Waals surface area contributed by atoms with E-state index in [1.54, 1.807) is 12.1 Å². The van der Waals surface area contributed by atoms with Crippen molar-refractivity contribution in [2.75, 3.05) is 24.4 Å². The summed E-state index contributed by atoms with van der Waals surface area (Å²) in [5.41, 5.74) is 2.97. The molecule has 3 N–H and O–H groups in total. The lowest BCUT2D eigenvalue weighted by atomic mass is 10.1. The molecule has 10 heteroatoms. The van der Waals surface area contributed by atoms with Crippen LogP contribution >= 0.6 is 0 Å². The maximum Gasteiger partial charge on any atom is 0.414 e. The maximum atomic E-state index is 13.2. The van der Waals surface area contributed by atoms with Crippen molar-refractivity contribution in [3.63, 3.8) is 0 Å². The topological polar surface area (TPSA) is 129 Å². The number of aromatic nitrogens is 1. The van der Waals surface area contributed by atoms with Gasteiger partial charge in [0.1, 0.15) is 0 Å². The third-order valence-corrected chi connectivity index (χ3v) is 7.88. The number of fused-ring (bicyclic) bond motifs is 2. The summed E-state index contributed by atoms with van der Waals surface area (Å²) in [7, 11) is -1.66. The van der Waals surface area contributed by atoms with Gasteiger partial charge in [-0.2, -0.15) is 0 Å². The van der Waals surface area contributed by atoms with Crippen molar-refractivity contribution in [2.45, 2.75) is 24.2 Å². The predicted octanol–water partition coefficient (Wildman–Crippen LogP) is 3.93. The van der Waals surface area contributed by atoms with Gasteiger partial charge in [-0.1, -0.05) is 36.4 Å². The van der Waals surface area contributed by atoms with Crippen LogP contribution in [0.3, 0.4) is 0 Å². The number of carboxylic acid groups (broad SMARTS) is 2. The van der Waals surface area contributed by atoms with E-state index in [0.717, 1.165) is 34.6 Å². The van der Waals surface area contributed by atoms with Gasteiger partial charge in [-0.25, -0.2) is 18.0 Å². The number of rotatable bonds is 6. The number of likely N-dealkylation sites (tertiary alicyclic amines) is 1. The molecule has 9 nitrogen and oxygen atoms in total. The highest BCUT2D eigenvalue weighted by Gasteiger charge is 2.19. The smallest absolute Gasteiger partial charge is 0.414 e. The van der Waals surface area contributed by atoms with Crippen LogP contribution in [0.5, 0.6) is 0 Å². The molecule has 0 amide bonds. The molecule has 0 atom stereocenters. The van der Waals surface area contributed by atoms with Gasteiger partial charge in [0.15, 0.2) is 0 Å². The fraction of sp³-hybridized carbons (Fsp3) is 0.259. The normalized spacial score (nSPS) is 13.9. The number of aryl methyl sites for hydroxylation is 1. The standard InChI is InChI=1S/C25H27N3O2S.C2H2O4/c1-27-18-20(13-16-28-14-4-5-15-28)23-17-21(11-12-24(23)27)26-31(29,30)25-10-6-8-19-7-2-3-9-22(19)25;3-1(4)2(5)6/h2-3,6-12,17-18,26H,4-5,13-16H2,1H3;(H,3,4)(H,5,6). The van der Waals surface area contributed by atoms with Crippen LogP contribution in [0.4, 0.5) is 5.69 Å². The predicted molar refractivity (Wildman–Crippen MR) is 142 cm³/mol. The van der Waals surface area contributed by atoms with Crippen molar-refractivity contribution >= 4 is 49.3 Å². The summed E-state index contributed by atoms with van der Waals surface area (Å²) in [4.78, 5) is 21.0. The molecule has 1 aliphatic rings. The van der Waals surface area contributed by atoms with E-state index in [0.29, 0.717) is 10.6 Å². The highest BCUT2D eigenvalue weighted by atomic mass is 32.2. The molecule has 37 heavy (non-hydrogen) atoms. The van der Waals surface area contributed by atoms with Crippen molar-refractivity contribution in [3.05, 3.63) is 72.4 Å². The van der Waals surface area contributed by atoms with Crippen molar-refractivity contribution in [2.24, 2.45) is 7.05 Å². The van der Waals surface area contributed by atoms with Gasteiger partial charge in [0, 0.05) is 41.8 Å². The maximum absolute atomic E-state index is 13.2. The van der Waals surface area contributed by atoms with Crippen molar-refractivity contribution < 1.29 is 28.2 Å². The Balaban J connectivity index is 0.000000480. The molecule has 5 rings (SSSR count). The molecule has 0 unspecified atom stereocenters. The zero-order valence-corrected chi connectivity index (χ0v) is 21.2. The molecule has 4 aromatic rings. The van der Waals surface area contributed by atoms with Crippen LogP contribution in [0.1, 0.15) is 18.4 Å². The second-order valence-corrected chi connectivity index (χ2v) is 10.6. The summed E-state index contributed by atoms with van der Waals surface area (Å²) in [6, 6.07) is 18.7. The number of nitrogens with zero attached hydrogens (tertiary/aromatic N) is 2. The van der Waals surface area contributed by atoms with Gasteiger partial charge in [0.05, 0.1) is 4.90 Å². The number of aliphatic carboxylic acids is 2. The average molecular weight is 524 g/mol. The summed E-state index contributed by atoms with van der Waals surface area (Å²) in [5.74, 6) is -3.65. The van der Waals surface area contributed by atoms with Crippen LogP contribution in [0.15, 0.2) is 71.8 Å². The van der Waals surface area contributed by atoms with Gasteiger partial charge < -0.3 is 19.7 Å². The van der Waals surface area contributed by atoms with Gasteiger partial charge in [0.2, 0.25) is 0 Å². The number of carbonyl (C=O) groups is 2. The number of nitrogens with one attached hydrogen (secondary N) is 1. The minimum atomic E-state index is -3.71. The van der Waals surface area contributed by atoms with Crippen LogP contribution in [0, 0.1) is 0 Å². The van der Waals surface area contributed by atoms with Gasteiger partial charge in [-0.05, 0) is 67.6 Å². The minimum absolute atomic E-state index is 0.299. The van der Waals surface area contributed by atoms with Crippen LogP contribution in [-0.4, -0.2) is 59.7 Å². The zero-order valence-electron chi connectivity index (χ0n) is 20.4. The molecular weight excluding hydrogens is 494 g/mol. The fourth-order valence-electron chi connectivity index (χ4n) is 4.66. The van der Waals surface area contributed by atoms with E-state index < -0.39 is 22.0 Å². The average Bonchev–Trinajstić information content (AvgIpc) is 3.50. The third kappa shape index (κ3) is 6.10. The second-order valence-electron chi connectivity index (χ2n) is 8.99. The van der Waals surface area contributed by atoms with Gasteiger partial charge in [-0.3, -0.25) is 4.72 Å². The third-order valence-electron chi connectivity index (χ3n) is 6.44. The lowest BCUT2D eigenvalue weighted by Gasteiger charge is -2.14. The molecule has 0 bridgehead atoms. The van der Waals surface area contributed by atoms with E-state index in [4.69, 9.17) is 19.8 Å². The first kappa shape index (κ1) is 26.2. The number of benzene rings is 3. The van der Waals surface area contributed by atoms with E-state index in [1.165, 1.54) is 31.5 Å². The van der Waals surface area contributed by atoms with E-state index in [2.05, 4.69) is 20.4 Å². The van der Waals surface area contributed by atoms with Crippen molar-refractivity contribution in [1.29, 1.82) is 0 Å². The van der Waals surface area contributed by atoms with Crippen LogP contribution in [0.25, 0.3) is 21.7 Å². The molecule has 194 valence electrons. The number of carboxylic acids is 2. The minimum Gasteiger partial charge on any atom is -0.473 e. The first-order chi connectivity index (χ1) is 17.7. The molecule has 0 aliphatic carbocycles. The van der Waals surface area contributed by atoms with Crippen LogP contribution in [-0.2, 0) is 33.1 Å². The highest BCUT2D eigenvalue weighted by Crippen LogP contribution is 2.28. The van der Waals surface area contributed by atoms with Gasteiger partial charge in [-0.15, -0.1) is 0 Å². The van der Waals surface area contributed by atoms with Crippen LogP contribution < -0.4 is 4.72 Å². The number of hydrogen-bond donors (Lipinski definition) is 3. The van der Waals surface area contributed by atoms with E-state index in [-0.39, 0.29) is 0 Å². The van der Waals surface area contributed by atoms with E-state index in [9.17, 15) is 8.42 Å². The molecule has 0 radical (unpaired) electrons. The summed E-state index contributed by atoms with van der Waals surface area (Å²) in [5, 5.41) is 17.5. The molecule has 0 spiro atoms. The summed E-state index contributed by atoms with van der Waals surface area (Å²) >= 11 is 0. The number of hydrogen-bond acceptors (Lipinski definition) is 5. The molecule has 3 aromatic carbocycles. The lowest BCUT2D eigenvalue weighted by molar-refractivity contribution is -0.159. The first-order valence-corrected chi connectivity index (χ1v) is 13.4. The molecule has 2 heterocycles. The molecule has 1 saturated heterocycles. The summed E-state index contributed by atoms with van der Waals surface area (Å²) in [6.45, 7) is 3.41. The monoisotopic (exact) mass is 523 g/mol. The molecular formula is C27H29N3O6S. The Morgan fingerprint density at radius 3 is 2.30 bits per heavy atom. The second kappa shape index (κ2) is 11.0. The Morgan fingerprint density at radius 2 is 1.59 bits per heavy atom. The highest BCUT2D eigenvalue weighted by molar-refractivity contribution is 7.93. The molecule has 1 fully saturated rings. The van der Waals surface area contributed by atoms with Crippen molar-refractivity contribution in [1.82, 2.24) is 9.47 Å².